The molecule has 1 amide bonds. The van der Waals surface area contributed by atoms with Gasteiger partial charge in [0.05, 0.1) is 18.4 Å². The fourth-order valence-electron chi connectivity index (χ4n) is 3.38. The Hall–Kier alpha value is -2.80. The van der Waals surface area contributed by atoms with Gasteiger partial charge in [0.15, 0.2) is 5.65 Å². The molecule has 28 heavy (non-hydrogen) atoms. The number of aryl methyl sites for hydroxylation is 2. The highest BCUT2D eigenvalue weighted by Crippen LogP contribution is 2.14. The Kier molecular flexibility index (Phi) is 6.04. The Bertz CT molecular complexity index is 956. The van der Waals surface area contributed by atoms with E-state index >= 15 is 0 Å². The first kappa shape index (κ1) is 19.9. The van der Waals surface area contributed by atoms with Gasteiger partial charge in [0.25, 0.3) is 5.91 Å². The predicted octanol–water partition coefficient (Wildman–Crippen LogP) is 2.86. The third-order valence-corrected chi connectivity index (χ3v) is 4.84. The lowest BCUT2D eigenvalue weighted by molar-refractivity contribution is 0.0785. The summed E-state index contributed by atoms with van der Waals surface area (Å²) >= 11 is 0. The molecule has 0 aliphatic heterocycles. The van der Waals surface area contributed by atoms with Crippen molar-refractivity contribution in [1.82, 2.24) is 29.4 Å². The van der Waals surface area contributed by atoms with Crippen molar-refractivity contribution in [3.8, 4) is 0 Å². The number of fused-ring (bicyclic) bond motifs is 1. The average molecular weight is 380 g/mol. The van der Waals surface area contributed by atoms with Crippen molar-refractivity contribution in [3.63, 3.8) is 0 Å². The van der Waals surface area contributed by atoms with Crippen molar-refractivity contribution in [3.05, 3.63) is 58.8 Å². The predicted molar refractivity (Wildman–Crippen MR) is 109 cm³/mol. The Morgan fingerprint density at radius 3 is 2.54 bits per heavy atom. The van der Waals surface area contributed by atoms with Crippen LogP contribution in [0.1, 0.15) is 46.7 Å². The van der Waals surface area contributed by atoms with E-state index in [-0.39, 0.29) is 5.91 Å². The molecule has 0 atom stereocenters. The number of aromatic nitrogens is 4. The van der Waals surface area contributed by atoms with Crippen LogP contribution in [0.5, 0.6) is 0 Å². The van der Waals surface area contributed by atoms with E-state index in [1.54, 1.807) is 22.7 Å². The van der Waals surface area contributed by atoms with Gasteiger partial charge in [-0.2, -0.15) is 5.10 Å². The molecular formula is C21H28N6O. The topological polar surface area (TPSA) is 66.6 Å². The molecule has 3 aromatic rings. The number of pyridine rings is 1. The molecule has 3 heterocycles. The maximum Gasteiger partial charge on any atom is 0.259 e. The third kappa shape index (κ3) is 4.36. The Morgan fingerprint density at radius 1 is 1.11 bits per heavy atom. The molecule has 0 unspecified atom stereocenters. The van der Waals surface area contributed by atoms with Gasteiger partial charge in [0.1, 0.15) is 5.56 Å². The van der Waals surface area contributed by atoms with Crippen LogP contribution < -0.4 is 0 Å². The molecule has 7 nitrogen and oxygen atoms in total. The molecule has 0 bridgehead atoms. The van der Waals surface area contributed by atoms with Crippen molar-refractivity contribution in [2.24, 2.45) is 0 Å². The minimum atomic E-state index is -0.111. The highest BCUT2D eigenvalue weighted by molar-refractivity contribution is 5.99. The van der Waals surface area contributed by atoms with Crippen molar-refractivity contribution in [2.75, 3.05) is 20.1 Å². The lowest BCUT2D eigenvalue weighted by atomic mass is 10.2. The minimum absolute atomic E-state index is 0.111. The molecule has 0 fully saturated rings. The Labute approximate surface area is 166 Å². The zero-order chi connectivity index (χ0) is 20.3. The van der Waals surface area contributed by atoms with Crippen LogP contribution in [0.2, 0.25) is 0 Å². The fourth-order valence-corrected chi connectivity index (χ4v) is 3.38. The maximum absolute atomic E-state index is 12.9. The molecule has 0 aliphatic rings. The summed E-state index contributed by atoms with van der Waals surface area (Å²) < 4.78 is 1.69. The maximum atomic E-state index is 12.9. The molecule has 0 N–H and O–H groups in total. The van der Waals surface area contributed by atoms with Crippen molar-refractivity contribution in [1.29, 1.82) is 0 Å². The van der Waals surface area contributed by atoms with Gasteiger partial charge in [-0.1, -0.05) is 13.8 Å². The Morgan fingerprint density at radius 2 is 1.86 bits per heavy atom. The monoisotopic (exact) mass is 380 g/mol. The van der Waals surface area contributed by atoms with Gasteiger partial charge in [0.2, 0.25) is 0 Å². The molecule has 0 saturated heterocycles. The summed E-state index contributed by atoms with van der Waals surface area (Å²) in [6.45, 7) is 11.5. The summed E-state index contributed by atoms with van der Waals surface area (Å²) in [6, 6.07) is 4.03. The lowest BCUT2D eigenvalue weighted by Gasteiger charge is -2.18. The standard InChI is InChI=1S/C21H28N6O/c1-6-26(7-2)12-17-10-22-20-19(11-23-27(20)13-17)21(28)25(5)14-18-9-15(3)8-16(4)24-18/h8-11,13H,6-7,12,14H2,1-5H3. The molecule has 0 aromatic carbocycles. The zero-order valence-corrected chi connectivity index (χ0v) is 17.3. The van der Waals surface area contributed by atoms with Gasteiger partial charge in [-0.15, -0.1) is 0 Å². The number of nitrogens with zero attached hydrogens (tertiary/aromatic N) is 6. The van der Waals surface area contributed by atoms with E-state index in [2.05, 4.69) is 33.8 Å². The molecule has 0 aliphatic carbocycles. The zero-order valence-electron chi connectivity index (χ0n) is 17.3. The number of carbonyl (C=O) groups excluding carboxylic acids is 1. The van der Waals surface area contributed by atoms with E-state index in [0.717, 1.165) is 42.1 Å². The molecule has 7 heteroatoms. The summed E-state index contributed by atoms with van der Waals surface area (Å²) in [5.41, 5.74) is 5.12. The third-order valence-electron chi connectivity index (χ3n) is 4.84. The Balaban J connectivity index is 1.79. The van der Waals surface area contributed by atoms with E-state index in [1.807, 2.05) is 38.4 Å². The average Bonchev–Trinajstić information content (AvgIpc) is 3.07. The van der Waals surface area contributed by atoms with E-state index < -0.39 is 0 Å². The highest BCUT2D eigenvalue weighted by Gasteiger charge is 2.19. The van der Waals surface area contributed by atoms with Crippen LogP contribution in [0.15, 0.2) is 30.7 Å². The second kappa shape index (κ2) is 8.48. The highest BCUT2D eigenvalue weighted by atomic mass is 16.2. The quantitative estimate of drug-likeness (QED) is 0.631. The minimum Gasteiger partial charge on any atom is -0.336 e. The molecule has 148 valence electrons. The first-order chi connectivity index (χ1) is 13.4. The number of hydrogen-bond acceptors (Lipinski definition) is 5. The van der Waals surface area contributed by atoms with Gasteiger partial charge < -0.3 is 4.90 Å². The van der Waals surface area contributed by atoms with E-state index in [4.69, 9.17) is 0 Å². The molecular weight excluding hydrogens is 352 g/mol. The SMILES string of the molecule is CCN(CC)Cc1cnc2c(C(=O)N(C)Cc3cc(C)cc(C)n3)cnn2c1. The van der Waals surface area contributed by atoms with E-state index in [9.17, 15) is 4.79 Å². The molecule has 0 radical (unpaired) electrons. The van der Waals surface area contributed by atoms with Crippen LogP contribution in [-0.2, 0) is 13.1 Å². The first-order valence-electron chi connectivity index (χ1n) is 9.65. The molecule has 0 saturated carbocycles. The molecule has 3 rings (SSSR count). The second-order valence-electron chi connectivity index (χ2n) is 7.19. The summed E-state index contributed by atoms with van der Waals surface area (Å²) in [5, 5.41) is 4.35. The van der Waals surface area contributed by atoms with Crippen LogP contribution >= 0.6 is 0 Å². The summed E-state index contributed by atoms with van der Waals surface area (Å²) in [7, 11) is 1.78. The van der Waals surface area contributed by atoms with Crippen LogP contribution in [0.3, 0.4) is 0 Å². The van der Waals surface area contributed by atoms with E-state index in [1.165, 1.54) is 0 Å². The normalized spacial score (nSPS) is 11.4. The summed E-state index contributed by atoms with van der Waals surface area (Å²) in [6.07, 6.45) is 5.37. The van der Waals surface area contributed by atoms with Gasteiger partial charge in [-0.25, -0.2) is 9.50 Å². The summed E-state index contributed by atoms with van der Waals surface area (Å²) in [5.74, 6) is -0.111. The number of carbonyl (C=O) groups is 1. The van der Waals surface area contributed by atoms with Gasteiger partial charge in [-0.3, -0.25) is 14.7 Å². The number of amides is 1. The molecule has 3 aromatic heterocycles. The largest absolute Gasteiger partial charge is 0.336 e. The first-order valence-corrected chi connectivity index (χ1v) is 9.65. The van der Waals surface area contributed by atoms with Crippen LogP contribution in [0.25, 0.3) is 5.65 Å². The van der Waals surface area contributed by atoms with Crippen molar-refractivity contribution >= 4 is 11.6 Å². The second-order valence-corrected chi connectivity index (χ2v) is 7.19. The van der Waals surface area contributed by atoms with Crippen LogP contribution in [-0.4, -0.2) is 55.4 Å². The van der Waals surface area contributed by atoms with Crippen molar-refractivity contribution < 1.29 is 4.79 Å². The van der Waals surface area contributed by atoms with E-state index in [0.29, 0.717) is 17.8 Å². The fraction of sp³-hybridized carbons (Fsp3) is 0.429. The molecule has 0 spiro atoms. The lowest BCUT2D eigenvalue weighted by Crippen LogP contribution is -2.27. The van der Waals surface area contributed by atoms with Gasteiger partial charge >= 0.3 is 0 Å². The van der Waals surface area contributed by atoms with Crippen LogP contribution in [0, 0.1) is 13.8 Å². The number of hydrogen-bond donors (Lipinski definition) is 0. The smallest absolute Gasteiger partial charge is 0.259 e. The summed E-state index contributed by atoms with van der Waals surface area (Å²) in [4.78, 5) is 25.9. The number of rotatable bonds is 7. The van der Waals surface area contributed by atoms with Gasteiger partial charge in [0, 0.05) is 37.2 Å². The van der Waals surface area contributed by atoms with Gasteiger partial charge in [-0.05, 0) is 44.6 Å². The van der Waals surface area contributed by atoms with Crippen LogP contribution in [0.4, 0.5) is 0 Å². The van der Waals surface area contributed by atoms with Crippen molar-refractivity contribution in [2.45, 2.75) is 40.8 Å².